The number of nitrogens with one attached hydrogen (secondary N) is 1. The number of non-ortho nitro benzene ring substituents is 1. The highest BCUT2D eigenvalue weighted by atomic mass is 16.6. The highest BCUT2D eigenvalue weighted by molar-refractivity contribution is 5.99. The molecule has 1 aliphatic heterocycles. The largest absolute Gasteiger partial charge is 0.493 e. The van der Waals surface area contributed by atoms with Crippen molar-refractivity contribution in [1.29, 1.82) is 0 Å². The molecular weight excluding hydrogens is 480 g/mol. The molecule has 0 amide bonds. The molecule has 2 N–H and O–H groups in total. The Hall–Kier alpha value is -4.18. The first-order valence-corrected chi connectivity index (χ1v) is 11.8. The van der Waals surface area contributed by atoms with Crippen molar-refractivity contribution in [3.63, 3.8) is 0 Å². The second-order valence-corrected chi connectivity index (χ2v) is 8.43. The number of aliphatic hydroxyl groups is 1. The van der Waals surface area contributed by atoms with E-state index in [1.54, 1.807) is 19.9 Å². The van der Waals surface area contributed by atoms with Crippen molar-refractivity contribution in [2.24, 2.45) is 0 Å². The molecule has 0 fully saturated rings. The molecule has 0 bridgehead atoms. The number of hydrogen-bond donors (Lipinski definition) is 2. The Kier molecular flexibility index (Phi) is 9.39. The minimum absolute atomic E-state index is 0.0656. The molecule has 37 heavy (non-hydrogen) atoms. The third-order valence-corrected chi connectivity index (χ3v) is 5.91. The maximum atomic E-state index is 13.2. The Labute approximate surface area is 214 Å². The summed E-state index contributed by atoms with van der Waals surface area (Å²) in [6.45, 7) is 3.81. The number of carbonyl (C=O) groups excluding carboxylic acids is 2. The van der Waals surface area contributed by atoms with Crippen molar-refractivity contribution in [2.45, 2.75) is 32.6 Å². The van der Waals surface area contributed by atoms with Gasteiger partial charge in [-0.3, -0.25) is 10.1 Å². The lowest BCUT2D eigenvalue weighted by atomic mass is 9.80. The molecule has 1 heterocycles. The number of rotatable bonds is 11. The summed E-state index contributed by atoms with van der Waals surface area (Å²) in [7, 11) is 1.23. The summed E-state index contributed by atoms with van der Waals surface area (Å²) < 4.78 is 16.1. The number of nitro benzene ring substituents is 1. The van der Waals surface area contributed by atoms with Crippen LogP contribution in [0.3, 0.4) is 0 Å². The summed E-state index contributed by atoms with van der Waals surface area (Å²) in [6, 6.07) is 13.2. The summed E-state index contributed by atoms with van der Waals surface area (Å²) in [5, 5.41) is 23.4. The first-order valence-electron chi connectivity index (χ1n) is 11.8. The van der Waals surface area contributed by atoms with Gasteiger partial charge in [0.2, 0.25) is 0 Å². The molecule has 1 atom stereocenters. The van der Waals surface area contributed by atoms with Gasteiger partial charge >= 0.3 is 11.9 Å². The molecule has 1 unspecified atom stereocenters. The number of esters is 2. The van der Waals surface area contributed by atoms with E-state index in [9.17, 15) is 19.7 Å². The third kappa shape index (κ3) is 6.73. The van der Waals surface area contributed by atoms with Crippen molar-refractivity contribution < 1.29 is 33.8 Å². The second-order valence-electron chi connectivity index (χ2n) is 8.43. The van der Waals surface area contributed by atoms with Gasteiger partial charge in [-0.15, -0.1) is 0 Å². The van der Waals surface area contributed by atoms with Crippen molar-refractivity contribution >= 4 is 17.6 Å². The van der Waals surface area contributed by atoms with Gasteiger partial charge < -0.3 is 24.6 Å². The standard InChI is InChI=1S/C27H30N2O8/c1-17-23(26(31)35-3)25(20-6-4-7-21(16-20)29(33)34)24(18(2)28-17)27(32)37-15-5-14-36-22-10-8-19(9-11-22)12-13-30/h4,6-11,16,25,28,30H,5,12-15H2,1-3H3. The fourth-order valence-corrected chi connectivity index (χ4v) is 4.17. The molecule has 2 aromatic rings. The Morgan fingerprint density at radius 1 is 1.03 bits per heavy atom. The van der Waals surface area contributed by atoms with Crippen molar-refractivity contribution in [3.05, 3.63) is 92.3 Å². The molecule has 196 valence electrons. The molecule has 10 nitrogen and oxygen atoms in total. The Bertz CT molecular complexity index is 1220. The fourth-order valence-electron chi connectivity index (χ4n) is 4.17. The molecule has 0 aromatic heterocycles. The minimum Gasteiger partial charge on any atom is -0.493 e. The van der Waals surface area contributed by atoms with Crippen LogP contribution in [-0.4, -0.2) is 48.9 Å². The summed E-state index contributed by atoms with van der Waals surface area (Å²) in [5.74, 6) is -1.55. The number of nitrogens with zero attached hydrogens (tertiary/aromatic N) is 1. The van der Waals surface area contributed by atoms with Gasteiger partial charge in [-0.05, 0) is 43.5 Å². The van der Waals surface area contributed by atoms with Crippen molar-refractivity contribution in [3.8, 4) is 5.75 Å². The molecule has 0 saturated carbocycles. The van der Waals surface area contributed by atoms with Crippen LogP contribution in [0.5, 0.6) is 5.75 Å². The van der Waals surface area contributed by atoms with Gasteiger partial charge in [0.1, 0.15) is 5.75 Å². The van der Waals surface area contributed by atoms with E-state index in [1.807, 2.05) is 24.3 Å². The normalized spacial score (nSPS) is 15.2. The van der Waals surface area contributed by atoms with Crippen LogP contribution in [-0.2, 0) is 25.5 Å². The SMILES string of the molecule is COC(=O)C1=C(C)NC(C)=C(C(=O)OCCCOc2ccc(CCO)cc2)C1c1cccc([N+](=O)[O-])c1. The first kappa shape index (κ1) is 27.4. The molecule has 1 aliphatic rings. The van der Waals surface area contributed by atoms with E-state index in [-0.39, 0.29) is 30.0 Å². The summed E-state index contributed by atoms with van der Waals surface area (Å²) >= 11 is 0. The average molecular weight is 511 g/mol. The summed E-state index contributed by atoms with van der Waals surface area (Å²) in [5.41, 5.74) is 2.55. The predicted octanol–water partition coefficient (Wildman–Crippen LogP) is 3.55. The van der Waals surface area contributed by atoms with Gasteiger partial charge in [0, 0.05) is 36.6 Å². The fraction of sp³-hybridized carbons (Fsp3) is 0.333. The highest BCUT2D eigenvalue weighted by Gasteiger charge is 2.38. The maximum absolute atomic E-state index is 13.2. The van der Waals surface area contributed by atoms with Crippen molar-refractivity contribution in [2.75, 3.05) is 26.9 Å². The van der Waals surface area contributed by atoms with Crippen LogP contribution in [0.2, 0.25) is 0 Å². The van der Waals surface area contributed by atoms with E-state index in [0.717, 1.165) is 5.56 Å². The van der Waals surface area contributed by atoms with E-state index in [1.165, 1.54) is 25.3 Å². The van der Waals surface area contributed by atoms with Crippen LogP contribution in [0.15, 0.2) is 71.1 Å². The van der Waals surface area contributed by atoms with E-state index in [4.69, 9.17) is 19.3 Å². The number of benzene rings is 2. The van der Waals surface area contributed by atoms with Crippen LogP contribution in [0.4, 0.5) is 5.69 Å². The van der Waals surface area contributed by atoms with Gasteiger partial charge in [-0.1, -0.05) is 24.3 Å². The van der Waals surface area contributed by atoms with E-state index >= 15 is 0 Å². The molecule has 0 radical (unpaired) electrons. The van der Waals surface area contributed by atoms with Crippen molar-refractivity contribution in [1.82, 2.24) is 5.32 Å². The molecule has 0 saturated heterocycles. The predicted molar refractivity (Wildman–Crippen MR) is 135 cm³/mol. The molecule has 3 rings (SSSR count). The number of aliphatic hydroxyl groups excluding tert-OH is 1. The average Bonchev–Trinajstić information content (AvgIpc) is 2.88. The molecule has 0 aliphatic carbocycles. The lowest BCUT2D eigenvalue weighted by molar-refractivity contribution is -0.384. The van der Waals surface area contributed by atoms with Gasteiger partial charge in [0.15, 0.2) is 0 Å². The zero-order valence-corrected chi connectivity index (χ0v) is 21.0. The topological polar surface area (TPSA) is 137 Å². The highest BCUT2D eigenvalue weighted by Crippen LogP contribution is 2.40. The number of hydrogen-bond acceptors (Lipinski definition) is 9. The molecule has 0 spiro atoms. The van der Waals surface area contributed by atoms with Crippen LogP contribution >= 0.6 is 0 Å². The zero-order valence-electron chi connectivity index (χ0n) is 21.0. The number of allylic oxidation sites excluding steroid dienone is 2. The minimum atomic E-state index is -0.908. The molecule has 2 aromatic carbocycles. The van der Waals surface area contributed by atoms with E-state index in [0.29, 0.717) is 42.2 Å². The molecular formula is C27H30N2O8. The molecule has 10 heteroatoms. The Morgan fingerprint density at radius 2 is 1.70 bits per heavy atom. The summed E-state index contributed by atoms with van der Waals surface area (Å²) in [6.07, 6.45) is 0.994. The van der Waals surface area contributed by atoms with Gasteiger partial charge in [-0.25, -0.2) is 9.59 Å². The number of ether oxygens (including phenoxy) is 3. The van der Waals surface area contributed by atoms with Crippen LogP contribution < -0.4 is 10.1 Å². The number of nitro groups is 1. The second kappa shape index (κ2) is 12.7. The Balaban J connectivity index is 1.73. The maximum Gasteiger partial charge on any atom is 0.336 e. The lowest BCUT2D eigenvalue weighted by Gasteiger charge is -2.30. The van der Waals surface area contributed by atoms with Gasteiger partial charge in [-0.2, -0.15) is 0 Å². The lowest BCUT2D eigenvalue weighted by Crippen LogP contribution is -2.32. The smallest absolute Gasteiger partial charge is 0.336 e. The number of dihydropyridines is 1. The van der Waals surface area contributed by atoms with Crippen LogP contribution in [0.1, 0.15) is 37.3 Å². The number of carbonyl (C=O) groups is 2. The first-order chi connectivity index (χ1) is 17.8. The summed E-state index contributed by atoms with van der Waals surface area (Å²) in [4.78, 5) is 36.7. The van der Waals surface area contributed by atoms with Crippen LogP contribution in [0, 0.1) is 10.1 Å². The zero-order chi connectivity index (χ0) is 26.9. The monoisotopic (exact) mass is 510 g/mol. The van der Waals surface area contributed by atoms with Gasteiger partial charge in [0.25, 0.3) is 5.69 Å². The van der Waals surface area contributed by atoms with E-state index < -0.39 is 22.8 Å². The van der Waals surface area contributed by atoms with Crippen LogP contribution in [0.25, 0.3) is 0 Å². The van der Waals surface area contributed by atoms with Gasteiger partial charge in [0.05, 0.1) is 42.3 Å². The number of methoxy groups -OCH3 is 1. The third-order valence-electron chi connectivity index (χ3n) is 5.91. The Morgan fingerprint density at radius 3 is 2.32 bits per heavy atom. The quantitative estimate of drug-likeness (QED) is 0.201. The van der Waals surface area contributed by atoms with E-state index in [2.05, 4.69) is 5.32 Å².